The number of carbonyl (C=O) groups excluding carboxylic acids is 5. The number of hydrogen-bond donors (Lipinski definition) is 7. The zero-order chi connectivity index (χ0) is 29.3. The van der Waals surface area contributed by atoms with E-state index in [-0.39, 0.29) is 31.7 Å². The largest absolute Gasteiger partial charge is 0.391 e. The first-order valence-electron chi connectivity index (χ1n) is 13.3. The fourth-order valence-corrected chi connectivity index (χ4v) is 5.76. The van der Waals surface area contributed by atoms with E-state index in [0.29, 0.717) is 30.9 Å². The summed E-state index contributed by atoms with van der Waals surface area (Å²) in [6.07, 6.45) is 0.650. The Bertz CT molecular complexity index is 984. The Balaban J connectivity index is 2.19. The minimum atomic E-state index is -1.22. The van der Waals surface area contributed by atoms with E-state index in [2.05, 4.69) is 26.6 Å². The third kappa shape index (κ3) is 12.6. The Labute approximate surface area is 242 Å². The van der Waals surface area contributed by atoms with Crippen LogP contribution < -0.4 is 32.3 Å². The van der Waals surface area contributed by atoms with Crippen LogP contribution in [0, 0.1) is 0 Å². The van der Waals surface area contributed by atoms with E-state index < -0.39 is 54.4 Å². The molecule has 1 aromatic carbocycles. The molecular weight excluding hydrogens is 556 g/mol. The van der Waals surface area contributed by atoms with E-state index in [0.717, 1.165) is 5.56 Å². The molecule has 1 aromatic rings. The van der Waals surface area contributed by atoms with E-state index in [1.165, 1.54) is 28.5 Å². The molecule has 4 atom stereocenters. The van der Waals surface area contributed by atoms with E-state index in [4.69, 9.17) is 5.73 Å². The molecule has 0 saturated carbocycles. The van der Waals surface area contributed by atoms with Gasteiger partial charge >= 0.3 is 0 Å². The van der Waals surface area contributed by atoms with Gasteiger partial charge in [-0.1, -0.05) is 51.9 Å². The molecule has 0 unspecified atom stereocenters. The van der Waals surface area contributed by atoms with Crippen molar-refractivity contribution in [2.24, 2.45) is 5.73 Å². The van der Waals surface area contributed by atoms with Gasteiger partial charge in [0.05, 0.1) is 12.6 Å². The summed E-state index contributed by atoms with van der Waals surface area (Å²) < 4.78 is 0. The second-order valence-corrected chi connectivity index (χ2v) is 12.0. The molecule has 0 aromatic heterocycles. The molecule has 1 heterocycles. The number of amides is 5. The number of nitrogens with two attached hydrogens (primary N) is 1. The van der Waals surface area contributed by atoms with Crippen LogP contribution in [0.25, 0.3) is 0 Å². The first kappa shape index (κ1) is 33.4. The second kappa shape index (κ2) is 18.5. The predicted octanol–water partition coefficient (Wildman–Crippen LogP) is -0.789. The van der Waals surface area contributed by atoms with Gasteiger partial charge in [0.25, 0.3) is 0 Å². The van der Waals surface area contributed by atoms with E-state index in [9.17, 15) is 29.1 Å². The lowest BCUT2D eigenvalue weighted by molar-refractivity contribution is -0.134. The SMILES string of the molecule is C[C@@H](O)[C@@H]1NC(=O)[C@H](CCCCN)NC(=O)CNC(=O)[C@H](Cc2ccccc2)NC(=O)CCSSCCNC1=O. The number of hydrogen-bond acceptors (Lipinski definition) is 9. The molecule has 0 radical (unpaired) electrons. The van der Waals surface area contributed by atoms with E-state index in [1.807, 2.05) is 30.3 Å². The Hall–Kier alpha value is -2.81. The molecule has 40 heavy (non-hydrogen) atoms. The summed E-state index contributed by atoms with van der Waals surface area (Å²) in [5.41, 5.74) is 6.41. The first-order valence-corrected chi connectivity index (χ1v) is 15.8. The second-order valence-electron chi connectivity index (χ2n) is 9.34. The number of nitrogens with one attached hydrogen (secondary N) is 5. The van der Waals surface area contributed by atoms with Gasteiger partial charge in [0.2, 0.25) is 29.5 Å². The summed E-state index contributed by atoms with van der Waals surface area (Å²) >= 11 is 0. The van der Waals surface area contributed by atoms with Crippen molar-refractivity contribution in [2.75, 3.05) is 31.1 Å². The van der Waals surface area contributed by atoms with Crippen molar-refractivity contribution in [1.29, 1.82) is 0 Å². The van der Waals surface area contributed by atoms with Crippen LogP contribution in [0.15, 0.2) is 30.3 Å². The summed E-state index contributed by atoms with van der Waals surface area (Å²) in [4.78, 5) is 64.1. The Morgan fingerprint density at radius 1 is 0.875 bits per heavy atom. The van der Waals surface area contributed by atoms with Crippen molar-refractivity contribution in [1.82, 2.24) is 26.6 Å². The molecule has 14 heteroatoms. The van der Waals surface area contributed by atoms with Crippen LogP contribution in [0.2, 0.25) is 0 Å². The molecule has 8 N–H and O–H groups in total. The molecule has 0 bridgehead atoms. The maximum Gasteiger partial charge on any atom is 0.245 e. The third-order valence-corrected chi connectivity index (χ3v) is 8.41. The van der Waals surface area contributed by atoms with Crippen LogP contribution in [0.4, 0.5) is 0 Å². The van der Waals surface area contributed by atoms with Gasteiger partial charge in [0.1, 0.15) is 18.1 Å². The standard InChI is InChI=1S/C26H40N6O6S2/c1-17(33)23-26(38)28-12-14-40-39-13-10-21(34)31-20(15-18-7-3-2-4-8-18)24(36)29-16-22(35)30-19(25(37)32-23)9-5-6-11-27/h2-4,7-8,17,19-20,23,33H,5-6,9-16,27H2,1H3,(H,28,38)(H,29,36)(H,30,35)(H,31,34)(H,32,37)/t17-,19+,20+,23+/m1/s1. The minimum Gasteiger partial charge on any atom is -0.391 e. The number of aliphatic hydroxyl groups excluding tert-OH is 1. The lowest BCUT2D eigenvalue weighted by Crippen LogP contribution is -2.58. The number of benzene rings is 1. The zero-order valence-electron chi connectivity index (χ0n) is 22.6. The van der Waals surface area contributed by atoms with E-state index >= 15 is 0 Å². The Morgan fingerprint density at radius 2 is 1.57 bits per heavy atom. The molecular formula is C26H40N6O6S2. The van der Waals surface area contributed by atoms with Crippen molar-refractivity contribution in [3.63, 3.8) is 0 Å². The van der Waals surface area contributed by atoms with Crippen molar-refractivity contribution < 1.29 is 29.1 Å². The maximum absolute atomic E-state index is 13.1. The molecule has 1 aliphatic rings. The van der Waals surface area contributed by atoms with Crippen molar-refractivity contribution in [3.8, 4) is 0 Å². The highest BCUT2D eigenvalue weighted by molar-refractivity contribution is 8.76. The number of aliphatic hydroxyl groups is 1. The Morgan fingerprint density at radius 3 is 2.27 bits per heavy atom. The molecule has 5 amide bonds. The monoisotopic (exact) mass is 596 g/mol. The highest BCUT2D eigenvalue weighted by Gasteiger charge is 2.30. The molecule has 0 spiro atoms. The summed E-state index contributed by atoms with van der Waals surface area (Å²) in [5, 5.41) is 23.3. The van der Waals surface area contributed by atoms with Crippen LogP contribution in [0.3, 0.4) is 0 Å². The number of rotatable bonds is 7. The summed E-state index contributed by atoms with van der Waals surface area (Å²) in [6, 6.07) is 6.10. The van der Waals surface area contributed by atoms with Gasteiger partial charge in [-0.3, -0.25) is 24.0 Å². The smallest absolute Gasteiger partial charge is 0.245 e. The normalized spacial score (nSPS) is 23.6. The minimum absolute atomic E-state index is 0.184. The van der Waals surface area contributed by atoms with Gasteiger partial charge in [0, 0.05) is 30.9 Å². The summed E-state index contributed by atoms with van der Waals surface area (Å²) in [5.74, 6) is -1.60. The van der Waals surface area contributed by atoms with Gasteiger partial charge in [-0.25, -0.2) is 0 Å². The molecule has 1 aliphatic heterocycles. The van der Waals surface area contributed by atoms with Crippen molar-refractivity contribution >= 4 is 51.1 Å². The molecule has 1 fully saturated rings. The molecule has 222 valence electrons. The van der Waals surface area contributed by atoms with Crippen LogP contribution >= 0.6 is 21.6 Å². The van der Waals surface area contributed by atoms with Gasteiger partial charge < -0.3 is 37.4 Å². The number of unbranched alkanes of at least 4 members (excludes halogenated alkanes) is 1. The quantitative estimate of drug-likeness (QED) is 0.156. The average Bonchev–Trinajstić information content (AvgIpc) is 2.93. The van der Waals surface area contributed by atoms with Crippen LogP contribution in [0.5, 0.6) is 0 Å². The fourth-order valence-electron chi connectivity index (χ4n) is 3.86. The lowest BCUT2D eigenvalue weighted by atomic mass is 10.0. The highest BCUT2D eigenvalue weighted by atomic mass is 33.1. The average molecular weight is 597 g/mol. The first-order chi connectivity index (χ1) is 19.2. The molecule has 2 rings (SSSR count). The van der Waals surface area contributed by atoms with Crippen LogP contribution in [0.1, 0.15) is 38.2 Å². The van der Waals surface area contributed by atoms with Gasteiger partial charge in [-0.05, 0) is 38.3 Å². The predicted molar refractivity (Wildman–Crippen MR) is 156 cm³/mol. The molecule has 12 nitrogen and oxygen atoms in total. The summed E-state index contributed by atoms with van der Waals surface area (Å²) in [6.45, 7) is 1.66. The molecule has 0 aliphatic carbocycles. The topological polar surface area (TPSA) is 192 Å². The van der Waals surface area contributed by atoms with E-state index in [1.54, 1.807) is 0 Å². The third-order valence-electron chi connectivity index (χ3n) is 6.00. The van der Waals surface area contributed by atoms with Crippen molar-refractivity contribution in [3.05, 3.63) is 35.9 Å². The lowest BCUT2D eigenvalue weighted by Gasteiger charge is -2.25. The fraction of sp³-hybridized carbons (Fsp3) is 0.577. The highest BCUT2D eigenvalue weighted by Crippen LogP contribution is 2.21. The summed E-state index contributed by atoms with van der Waals surface area (Å²) in [7, 11) is 2.92. The molecule has 1 saturated heterocycles. The van der Waals surface area contributed by atoms with Gasteiger partial charge in [0.15, 0.2) is 0 Å². The van der Waals surface area contributed by atoms with Crippen molar-refractivity contribution in [2.45, 2.75) is 63.3 Å². The van der Waals surface area contributed by atoms with Crippen LogP contribution in [-0.4, -0.2) is 90.0 Å². The number of carbonyl (C=O) groups is 5. The van der Waals surface area contributed by atoms with Gasteiger partial charge in [-0.15, -0.1) is 0 Å². The van der Waals surface area contributed by atoms with Gasteiger partial charge in [-0.2, -0.15) is 0 Å². The Kier molecular flexibility index (Phi) is 15.5. The zero-order valence-corrected chi connectivity index (χ0v) is 24.3. The van der Waals surface area contributed by atoms with Crippen LogP contribution in [-0.2, 0) is 30.4 Å². The maximum atomic E-state index is 13.1.